The van der Waals surface area contributed by atoms with Gasteiger partial charge in [0, 0.05) is 62.3 Å². The largest absolute Gasteiger partial charge is 0.297 e. The number of benzene rings is 1. The van der Waals surface area contributed by atoms with Crippen LogP contribution in [-0.4, -0.2) is 71.9 Å². The third kappa shape index (κ3) is 4.11. The zero-order chi connectivity index (χ0) is 18.0. The van der Waals surface area contributed by atoms with Crippen molar-refractivity contribution in [2.75, 3.05) is 37.7 Å². The van der Waals surface area contributed by atoms with E-state index < -0.39 is 9.84 Å². The number of hydrogen-bond acceptors (Lipinski definition) is 6. The normalized spacial score (nSPS) is 23.9. The van der Waals surface area contributed by atoms with Gasteiger partial charge in [-0.2, -0.15) is 0 Å². The van der Waals surface area contributed by atoms with Crippen LogP contribution in [0.4, 0.5) is 0 Å². The van der Waals surface area contributed by atoms with Gasteiger partial charge in [0.2, 0.25) is 0 Å². The van der Waals surface area contributed by atoms with Crippen LogP contribution < -0.4 is 0 Å². The molecule has 2 aliphatic heterocycles. The van der Waals surface area contributed by atoms with E-state index in [9.17, 15) is 8.42 Å². The number of aromatic nitrogens is 2. The number of sulfone groups is 1. The van der Waals surface area contributed by atoms with E-state index in [1.54, 1.807) is 0 Å². The molecule has 0 unspecified atom stereocenters. The van der Waals surface area contributed by atoms with Crippen molar-refractivity contribution in [2.24, 2.45) is 0 Å². The van der Waals surface area contributed by atoms with Crippen LogP contribution in [0, 0.1) is 0 Å². The molecule has 0 aliphatic carbocycles. The topological polar surface area (TPSA) is 66.4 Å². The summed E-state index contributed by atoms with van der Waals surface area (Å²) >= 11 is 0. The summed E-state index contributed by atoms with van der Waals surface area (Å²) in [5, 5.41) is 0. The lowest BCUT2D eigenvalue weighted by Crippen LogP contribution is -2.50. The Kier molecular flexibility index (Phi) is 5.02. The lowest BCUT2D eigenvalue weighted by atomic mass is 10.2. The van der Waals surface area contributed by atoms with E-state index in [-0.39, 0.29) is 6.04 Å². The Morgan fingerprint density at radius 3 is 2.31 bits per heavy atom. The smallest absolute Gasteiger partial charge is 0.159 e. The number of rotatable bonds is 4. The van der Waals surface area contributed by atoms with E-state index in [0.717, 1.165) is 56.1 Å². The standard InChI is InChI=1S/C19H24N4O2S/c24-26(25)11-6-18(15-26)23-9-7-22(8-10-23)14-16-12-20-19(21-13-16)17-4-2-1-3-5-17/h1-5,12-13,18H,6-11,14-15H2/t18-/m0/s1. The van der Waals surface area contributed by atoms with Crippen molar-refractivity contribution in [3.63, 3.8) is 0 Å². The Hall–Kier alpha value is -1.83. The summed E-state index contributed by atoms with van der Waals surface area (Å²) in [6.07, 6.45) is 4.60. The summed E-state index contributed by atoms with van der Waals surface area (Å²) < 4.78 is 23.3. The highest BCUT2D eigenvalue weighted by molar-refractivity contribution is 7.91. The summed E-state index contributed by atoms with van der Waals surface area (Å²) in [6, 6.07) is 10.2. The molecule has 3 heterocycles. The Morgan fingerprint density at radius 2 is 1.69 bits per heavy atom. The van der Waals surface area contributed by atoms with Gasteiger partial charge in [-0.1, -0.05) is 30.3 Å². The molecule has 0 bridgehead atoms. The minimum absolute atomic E-state index is 0.218. The zero-order valence-electron chi connectivity index (χ0n) is 14.8. The van der Waals surface area contributed by atoms with Gasteiger partial charge >= 0.3 is 0 Å². The van der Waals surface area contributed by atoms with Gasteiger partial charge in [-0.15, -0.1) is 0 Å². The molecule has 1 aromatic carbocycles. The van der Waals surface area contributed by atoms with Gasteiger partial charge in [0.05, 0.1) is 11.5 Å². The molecule has 2 aliphatic rings. The fourth-order valence-electron chi connectivity index (χ4n) is 3.78. The second-order valence-corrected chi connectivity index (χ2v) is 9.38. The second kappa shape index (κ2) is 7.42. The van der Waals surface area contributed by atoms with Crippen LogP contribution in [0.25, 0.3) is 11.4 Å². The molecule has 6 nitrogen and oxygen atoms in total. The zero-order valence-corrected chi connectivity index (χ0v) is 15.6. The SMILES string of the molecule is O=S1(=O)CC[C@H](N2CCN(Cc3cnc(-c4ccccc4)nc3)CC2)C1. The van der Waals surface area contributed by atoms with Crippen LogP contribution in [0.5, 0.6) is 0 Å². The quantitative estimate of drug-likeness (QED) is 0.809. The van der Waals surface area contributed by atoms with Gasteiger partial charge < -0.3 is 0 Å². The van der Waals surface area contributed by atoms with Crippen LogP contribution in [0.2, 0.25) is 0 Å². The third-order valence-corrected chi connectivity index (χ3v) is 7.03. The molecule has 0 radical (unpaired) electrons. The molecule has 2 saturated heterocycles. The van der Waals surface area contributed by atoms with E-state index >= 15 is 0 Å². The predicted molar refractivity (Wildman–Crippen MR) is 101 cm³/mol. The summed E-state index contributed by atoms with van der Waals surface area (Å²) in [5.41, 5.74) is 2.14. The molecule has 2 fully saturated rings. The number of hydrogen-bond donors (Lipinski definition) is 0. The molecule has 0 N–H and O–H groups in total. The number of piperazine rings is 1. The van der Waals surface area contributed by atoms with Crippen molar-refractivity contribution in [1.82, 2.24) is 19.8 Å². The minimum atomic E-state index is -2.81. The average molecular weight is 372 g/mol. The van der Waals surface area contributed by atoms with Gasteiger partial charge in [0.15, 0.2) is 15.7 Å². The van der Waals surface area contributed by atoms with Crippen LogP contribution in [-0.2, 0) is 16.4 Å². The molecule has 1 aromatic heterocycles. The van der Waals surface area contributed by atoms with Crippen molar-refractivity contribution in [2.45, 2.75) is 19.0 Å². The van der Waals surface area contributed by atoms with Crippen molar-refractivity contribution >= 4 is 9.84 Å². The van der Waals surface area contributed by atoms with Crippen molar-refractivity contribution < 1.29 is 8.42 Å². The van der Waals surface area contributed by atoms with E-state index in [2.05, 4.69) is 19.8 Å². The van der Waals surface area contributed by atoms with Gasteiger partial charge in [-0.3, -0.25) is 9.80 Å². The maximum absolute atomic E-state index is 11.7. The Morgan fingerprint density at radius 1 is 1.00 bits per heavy atom. The third-order valence-electron chi connectivity index (χ3n) is 5.28. The van der Waals surface area contributed by atoms with Gasteiger partial charge in [0.25, 0.3) is 0 Å². The van der Waals surface area contributed by atoms with Crippen LogP contribution >= 0.6 is 0 Å². The summed E-state index contributed by atoms with van der Waals surface area (Å²) in [6.45, 7) is 4.62. The average Bonchev–Trinajstić information content (AvgIpc) is 3.04. The van der Waals surface area contributed by atoms with Gasteiger partial charge in [-0.25, -0.2) is 18.4 Å². The van der Waals surface area contributed by atoms with Gasteiger partial charge in [-0.05, 0) is 6.42 Å². The van der Waals surface area contributed by atoms with Crippen LogP contribution in [0.1, 0.15) is 12.0 Å². The highest BCUT2D eigenvalue weighted by Crippen LogP contribution is 2.20. The van der Waals surface area contributed by atoms with E-state index in [1.807, 2.05) is 42.7 Å². The minimum Gasteiger partial charge on any atom is -0.297 e. The van der Waals surface area contributed by atoms with Gasteiger partial charge in [0.1, 0.15) is 0 Å². The first-order valence-electron chi connectivity index (χ1n) is 9.12. The lowest BCUT2D eigenvalue weighted by Gasteiger charge is -2.37. The van der Waals surface area contributed by atoms with Crippen LogP contribution in [0.15, 0.2) is 42.7 Å². The lowest BCUT2D eigenvalue weighted by molar-refractivity contribution is 0.0999. The maximum atomic E-state index is 11.7. The molecule has 1 atom stereocenters. The van der Waals surface area contributed by atoms with Crippen molar-refractivity contribution in [1.29, 1.82) is 0 Å². The fourth-order valence-corrected chi connectivity index (χ4v) is 5.54. The first-order chi connectivity index (χ1) is 12.6. The molecule has 4 rings (SSSR count). The molecular formula is C19H24N4O2S. The first-order valence-corrected chi connectivity index (χ1v) is 10.9. The highest BCUT2D eigenvalue weighted by atomic mass is 32.2. The summed E-state index contributed by atoms with van der Waals surface area (Å²) in [5.74, 6) is 1.44. The molecule has 26 heavy (non-hydrogen) atoms. The van der Waals surface area contributed by atoms with E-state index in [0.29, 0.717) is 11.5 Å². The monoisotopic (exact) mass is 372 g/mol. The molecule has 2 aromatic rings. The first kappa shape index (κ1) is 17.6. The Balaban J connectivity index is 1.31. The molecular weight excluding hydrogens is 348 g/mol. The maximum Gasteiger partial charge on any atom is 0.159 e. The number of nitrogens with zero attached hydrogens (tertiary/aromatic N) is 4. The van der Waals surface area contributed by atoms with Crippen LogP contribution in [0.3, 0.4) is 0 Å². The summed E-state index contributed by atoms with van der Waals surface area (Å²) in [4.78, 5) is 13.7. The van der Waals surface area contributed by atoms with E-state index in [1.165, 1.54) is 0 Å². The molecule has 0 amide bonds. The molecule has 138 valence electrons. The van der Waals surface area contributed by atoms with Crippen molar-refractivity contribution in [3.8, 4) is 11.4 Å². The fraction of sp³-hybridized carbons (Fsp3) is 0.474. The second-order valence-electron chi connectivity index (χ2n) is 7.15. The predicted octanol–water partition coefficient (Wildman–Crippen LogP) is 1.45. The Bertz CT molecular complexity index is 832. The molecule has 7 heteroatoms. The van der Waals surface area contributed by atoms with Crippen molar-refractivity contribution in [3.05, 3.63) is 48.3 Å². The van der Waals surface area contributed by atoms with E-state index in [4.69, 9.17) is 0 Å². The Labute approximate surface area is 154 Å². The molecule has 0 spiro atoms. The molecule has 0 saturated carbocycles. The highest BCUT2D eigenvalue weighted by Gasteiger charge is 2.33. The summed E-state index contributed by atoms with van der Waals surface area (Å²) in [7, 11) is -2.81.